The third kappa shape index (κ3) is 1.86. The van der Waals surface area contributed by atoms with Gasteiger partial charge in [0, 0.05) is 12.0 Å². The van der Waals surface area contributed by atoms with Crippen molar-refractivity contribution in [1.29, 1.82) is 0 Å². The van der Waals surface area contributed by atoms with Crippen LogP contribution in [0.3, 0.4) is 0 Å². The zero-order chi connectivity index (χ0) is 9.03. The monoisotopic (exact) mass is 170 g/mol. The molecule has 1 aliphatic rings. The zero-order valence-electron chi connectivity index (χ0n) is 8.01. The maximum atomic E-state index is 10.9. The highest BCUT2D eigenvalue weighted by molar-refractivity contribution is 5.59. The van der Waals surface area contributed by atoms with E-state index in [-0.39, 0.29) is 11.5 Å². The molecule has 0 spiro atoms. The molecule has 12 heavy (non-hydrogen) atoms. The van der Waals surface area contributed by atoms with Gasteiger partial charge in [-0.3, -0.25) is 0 Å². The van der Waals surface area contributed by atoms with Crippen LogP contribution in [0.2, 0.25) is 0 Å². The van der Waals surface area contributed by atoms with Crippen LogP contribution in [0.25, 0.3) is 0 Å². The van der Waals surface area contributed by atoms with Gasteiger partial charge in [0.2, 0.25) is 0 Å². The highest BCUT2D eigenvalue weighted by Gasteiger charge is 2.34. The lowest BCUT2D eigenvalue weighted by molar-refractivity contribution is -0.128. The minimum Gasteiger partial charge on any atom is -0.377 e. The summed E-state index contributed by atoms with van der Waals surface area (Å²) in [7, 11) is 0. The Morgan fingerprint density at radius 3 is 2.75 bits per heavy atom. The number of hydrogen-bond donors (Lipinski definition) is 0. The summed E-state index contributed by atoms with van der Waals surface area (Å²) in [5.74, 6) is 0. The number of carbonyl (C=O) groups is 1. The van der Waals surface area contributed by atoms with E-state index in [4.69, 9.17) is 4.74 Å². The van der Waals surface area contributed by atoms with E-state index in [1.165, 1.54) is 6.42 Å². The Morgan fingerprint density at radius 1 is 1.58 bits per heavy atom. The summed E-state index contributed by atoms with van der Waals surface area (Å²) in [6.45, 7) is 4.87. The first-order chi connectivity index (χ1) is 5.73. The largest absolute Gasteiger partial charge is 0.377 e. The predicted octanol–water partition coefficient (Wildman–Crippen LogP) is 2.17. The molecule has 0 saturated carbocycles. The van der Waals surface area contributed by atoms with Crippen molar-refractivity contribution >= 4 is 6.29 Å². The van der Waals surface area contributed by atoms with Gasteiger partial charge in [0.15, 0.2) is 0 Å². The van der Waals surface area contributed by atoms with E-state index in [2.05, 4.69) is 0 Å². The standard InChI is InChI=1S/C10H18O2/c1-3-10(2,8-11)9-6-4-5-7-12-9/h8-9H,3-7H2,1-2H3. The minimum absolute atomic E-state index is 0.161. The van der Waals surface area contributed by atoms with Crippen LogP contribution in [0.1, 0.15) is 39.5 Å². The average molecular weight is 170 g/mol. The molecule has 1 aliphatic heterocycles. The Labute approximate surface area is 74.3 Å². The van der Waals surface area contributed by atoms with Crippen LogP contribution >= 0.6 is 0 Å². The quantitative estimate of drug-likeness (QED) is 0.607. The SMILES string of the molecule is CCC(C)(C=O)C1CCCCO1. The maximum absolute atomic E-state index is 10.9. The summed E-state index contributed by atoms with van der Waals surface area (Å²) in [5, 5.41) is 0. The van der Waals surface area contributed by atoms with Crippen molar-refractivity contribution in [2.24, 2.45) is 5.41 Å². The molecule has 2 atom stereocenters. The Kier molecular flexibility index (Phi) is 3.27. The molecule has 0 aromatic carbocycles. The third-order valence-corrected chi connectivity index (χ3v) is 2.95. The van der Waals surface area contributed by atoms with E-state index < -0.39 is 0 Å². The molecule has 1 fully saturated rings. The van der Waals surface area contributed by atoms with Crippen LogP contribution in [0, 0.1) is 5.41 Å². The van der Waals surface area contributed by atoms with Crippen LogP contribution in [0.15, 0.2) is 0 Å². The van der Waals surface area contributed by atoms with Gasteiger partial charge in [-0.15, -0.1) is 0 Å². The molecule has 0 bridgehead atoms. The number of aldehydes is 1. The number of carbonyl (C=O) groups excluding carboxylic acids is 1. The summed E-state index contributed by atoms with van der Waals surface area (Å²) >= 11 is 0. The second kappa shape index (κ2) is 4.04. The van der Waals surface area contributed by atoms with Crippen molar-refractivity contribution in [3.8, 4) is 0 Å². The average Bonchev–Trinajstić information content (AvgIpc) is 2.18. The lowest BCUT2D eigenvalue weighted by atomic mass is 9.80. The van der Waals surface area contributed by atoms with E-state index in [1.54, 1.807) is 0 Å². The van der Waals surface area contributed by atoms with Crippen molar-refractivity contribution in [2.45, 2.75) is 45.6 Å². The van der Waals surface area contributed by atoms with Crippen LogP contribution in [0.5, 0.6) is 0 Å². The van der Waals surface area contributed by atoms with Crippen LogP contribution in [-0.4, -0.2) is 19.0 Å². The molecule has 70 valence electrons. The number of rotatable bonds is 3. The lowest BCUT2D eigenvalue weighted by Crippen LogP contribution is -2.37. The van der Waals surface area contributed by atoms with Gasteiger partial charge in [0.05, 0.1) is 6.10 Å². The van der Waals surface area contributed by atoms with E-state index in [0.717, 1.165) is 32.2 Å². The molecule has 2 heteroatoms. The van der Waals surface area contributed by atoms with Gasteiger partial charge in [-0.2, -0.15) is 0 Å². The Balaban J connectivity index is 2.57. The zero-order valence-corrected chi connectivity index (χ0v) is 8.01. The first-order valence-electron chi connectivity index (χ1n) is 4.81. The molecule has 0 amide bonds. The van der Waals surface area contributed by atoms with Gasteiger partial charge >= 0.3 is 0 Å². The van der Waals surface area contributed by atoms with E-state index >= 15 is 0 Å². The molecule has 1 rings (SSSR count). The second-order valence-corrected chi connectivity index (χ2v) is 3.83. The highest BCUT2D eigenvalue weighted by Crippen LogP contribution is 2.31. The fraction of sp³-hybridized carbons (Fsp3) is 0.900. The summed E-state index contributed by atoms with van der Waals surface area (Å²) < 4.78 is 5.59. The molecule has 1 heterocycles. The van der Waals surface area contributed by atoms with E-state index in [1.807, 2.05) is 13.8 Å². The fourth-order valence-corrected chi connectivity index (χ4v) is 1.65. The van der Waals surface area contributed by atoms with Gasteiger partial charge < -0.3 is 9.53 Å². The lowest BCUT2D eigenvalue weighted by Gasteiger charge is -2.34. The Bertz CT molecular complexity index is 150. The van der Waals surface area contributed by atoms with Gasteiger partial charge in [0.25, 0.3) is 0 Å². The van der Waals surface area contributed by atoms with Crippen molar-refractivity contribution in [3.63, 3.8) is 0 Å². The predicted molar refractivity (Wildman–Crippen MR) is 48.1 cm³/mol. The summed E-state index contributed by atoms with van der Waals surface area (Å²) in [5.41, 5.74) is -0.250. The molecule has 0 aromatic rings. The van der Waals surface area contributed by atoms with Gasteiger partial charge in [-0.25, -0.2) is 0 Å². The maximum Gasteiger partial charge on any atom is 0.128 e. The second-order valence-electron chi connectivity index (χ2n) is 3.83. The molecule has 0 aromatic heterocycles. The topological polar surface area (TPSA) is 26.3 Å². The number of ether oxygens (including phenoxy) is 1. The molecule has 0 N–H and O–H groups in total. The smallest absolute Gasteiger partial charge is 0.128 e. The van der Waals surface area contributed by atoms with Gasteiger partial charge in [-0.05, 0) is 25.7 Å². The molecule has 1 saturated heterocycles. The Morgan fingerprint density at radius 2 is 2.33 bits per heavy atom. The third-order valence-electron chi connectivity index (χ3n) is 2.95. The van der Waals surface area contributed by atoms with Crippen LogP contribution < -0.4 is 0 Å². The summed E-state index contributed by atoms with van der Waals surface area (Å²) in [4.78, 5) is 10.9. The van der Waals surface area contributed by atoms with Crippen LogP contribution in [0.4, 0.5) is 0 Å². The normalized spacial score (nSPS) is 29.3. The van der Waals surface area contributed by atoms with Crippen molar-refractivity contribution < 1.29 is 9.53 Å². The summed E-state index contributed by atoms with van der Waals surface area (Å²) in [6, 6.07) is 0. The molecule has 0 aliphatic carbocycles. The molecule has 2 unspecified atom stereocenters. The molecule has 0 radical (unpaired) electrons. The van der Waals surface area contributed by atoms with E-state index in [9.17, 15) is 4.79 Å². The molecular formula is C10H18O2. The minimum atomic E-state index is -0.250. The molecule has 2 nitrogen and oxygen atoms in total. The van der Waals surface area contributed by atoms with Gasteiger partial charge in [0.1, 0.15) is 6.29 Å². The van der Waals surface area contributed by atoms with Crippen molar-refractivity contribution in [2.75, 3.05) is 6.61 Å². The van der Waals surface area contributed by atoms with Crippen molar-refractivity contribution in [1.82, 2.24) is 0 Å². The molecular weight excluding hydrogens is 152 g/mol. The fourth-order valence-electron chi connectivity index (χ4n) is 1.65. The van der Waals surface area contributed by atoms with Crippen molar-refractivity contribution in [3.05, 3.63) is 0 Å². The summed E-state index contributed by atoms with van der Waals surface area (Å²) in [6.07, 6.45) is 5.49. The van der Waals surface area contributed by atoms with Crippen LogP contribution in [-0.2, 0) is 9.53 Å². The van der Waals surface area contributed by atoms with Gasteiger partial charge in [-0.1, -0.05) is 13.8 Å². The Hall–Kier alpha value is -0.370. The first-order valence-corrected chi connectivity index (χ1v) is 4.81. The first kappa shape index (κ1) is 9.72. The number of hydrogen-bond acceptors (Lipinski definition) is 2. The van der Waals surface area contributed by atoms with E-state index in [0.29, 0.717) is 0 Å². The highest BCUT2D eigenvalue weighted by atomic mass is 16.5.